The number of rotatable bonds is 6. The molecule has 5 aromatic rings. The largest absolute Gasteiger partial charge is 0.346 e. The number of carbonyl (C=O) groups is 1. The van der Waals surface area contributed by atoms with Gasteiger partial charge in [0.1, 0.15) is 5.65 Å². The van der Waals surface area contributed by atoms with Crippen molar-refractivity contribution in [1.29, 1.82) is 0 Å². The summed E-state index contributed by atoms with van der Waals surface area (Å²) < 4.78 is 7.72. The third-order valence-corrected chi connectivity index (χ3v) is 7.74. The summed E-state index contributed by atoms with van der Waals surface area (Å²) in [6.07, 6.45) is 8.78. The Bertz CT molecular complexity index is 1430. The Balaban J connectivity index is 1.13. The molecule has 0 bridgehead atoms. The molecule has 0 unspecified atom stereocenters. The zero-order chi connectivity index (χ0) is 23.1. The van der Waals surface area contributed by atoms with Crippen LogP contribution >= 0.6 is 11.3 Å². The van der Waals surface area contributed by atoms with Gasteiger partial charge in [-0.3, -0.25) is 4.79 Å². The number of hydrogen-bond donors (Lipinski definition) is 1. The Morgan fingerprint density at radius 2 is 2.26 bits per heavy atom. The van der Waals surface area contributed by atoms with Gasteiger partial charge in [0.25, 0.3) is 0 Å². The molecule has 6 heterocycles. The minimum absolute atomic E-state index is 0.194. The molecular weight excluding hydrogens is 448 g/mol. The number of pyridine rings is 1. The van der Waals surface area contributed by atoms with E-state index in [0.29, 0.717) is 36.9 Å². The third-order valence-electron chi connectivity index (χ3n) is 6.88. The summed E-state index contributed by atoms with van der Waals surface area (Å²) in [6, 6.07) is 8.38. The van der Waals surface area contributed by atoms with E-state index >= 15 is 0 Å². The Hall–Kier alpha value is -3.46. The SMILES string of the molecule is C[C@@H]1CCN(C(=O)CCCc2nc(-c3cccs3)no2)C[C@@H]1n1ccc2cnc3[nH]ccc3c21. The average Bonchev–Trinajstić information content (AvgIpc) is 3.65. The molecule has 1 N–H and O–H groups in total. The minimum Gasteiger partial charge on any atom is -0.346 e. The highest BCUT2D eigenvalue weighted by molar-refractivity contribution is 7.13. The van der Waals surface area contributed by atoms with Crippen LogP contribution in [0.1, 0.15) is 38.1 Å². The van der Waals surface area contributed by atoms with Gasteiger partial charge < -0.3 is 19.0 Å². The lowest BCUT2D eigenvalue weighted by atomic mass is 9.92. The van der Waals surface area contributed by atoms with Gasteiger partial charge in [0, 0.05) is 55.3 Å². The van der Waals surface area contributed by atoms with Crippen molar-refractivity contribution in [2.45, 2.75) is 38.6 Å². The molecule has 5 aromatic heterocycles. The van der Waals surface area contributed by atoms with Crippen LogP contribution < -0.4 is 0 Å². The van der Waals surface area contributed by atoms with E-state index in [1.807, 2.05) is 34.8 Å². The van der Waals surface area contributed by atoms with Crippen molar-refractivity contribution in [3.05, 3.63) is 54.1 Å². The second-order valence-corrected chi connectivity index (χ2v) is 9.99. The highest BCUT2D eigenvalue weighted by Gasteiger charge is 2.30. The number of nitrogens with one attached hydrogen (secondary N) is 1. The first-order valence-electron chi connectivity index (χ1n) is 11.7. The third kappa shape index (κ3) is 3.79. The van der Waals surface area contributed by atoms with Gasteiger partial charge in [-0.2, -0.15) is 4.98 Å². The molecule has 34 heavy (non-hydrogen) atoms. The van der Waals surface area contributed by atoms with Crippen molar-refractivity contribution in [3.63, 3.8) is 0 Å². The first-order chi connectivity index (χ1) is 16.7. The quantitative estimate of drug-likeness (QED) is 0.371. The van der Waals surface area contributed by atoms with Crippen LogP contribution in [0.5, 0.6) is 0 Å². The van der Waals surface area contributed by atoms with Crippen molar-refractivity contribution in [2.75, 3.05) is 13.1 Å². The number of piperidine rings is 1. The first kappa shape index (κ1) is 21.1. The smallest absolute Gasteiger partial charge is 0.226 e. The lowest BCUT2D eigenvalue weighted by Crippen LogP contribution is -2.43. The van der Waals surface area contributed by atoms with Gasteiger partial charge in [-0.25, -0.2) is 4.98 Å². The normalized spacial score (nSPS) is 18.8. The molecule has 6 rings (SSSR count). The molecular formula is C25H26N6O2S. The van der Waals surface area contributed by atoms with E-state index in [-0.39, 0.29) is 11.9 Å². The average molecular weight is 475 g/mol. The fourth-order valence-corrected chi connectivity index (χ4v) is 5.63. The molecule has 174 valence electrons. The van der Waals surface area contributed by atoms with Crippen LogP contribution in [-0.2, 0) is 11.2 Å². The van der Waals surface area contributed by atoms with E-state index in [1.54, 1.807) is 11.3 Å². The predicted octanol–water partition coefficient (Wildman–Crippen LogP) is 5.06. The highest BCUT2D eigenvalue weighted by Crippen LogP contribution is 2.34. The summed E-state index contributed by atoms with van der Waals surface area (Å²) in [5, 5.41) is 8.30. The standard InChI is InChI=1S/C25H26N6O2S/c1-16-8-11-30(22(32)6-2-5-21-28-25(29-33-21)20-4-3-13-34-20)15-19(16)31-12-9-17-14-27-24-18(23(17)31)7-10-26-24/h3-4,7,9-10,12-14,16,19H,2,5-6,8,11,15H2,1H3,(H,26,27)/t16-,19+/m1/s1. The monoisotopic (exact) mass is 474 g/mol. The lowest BCUT2D eigenvalue weighted by Gasteiger charge is -2.38. The van der Waals surface area contributed by atoms with Crippen LogP contribution in [-0.4, -0.2) is 48.6 Å². The van der Waals surface area contributed by atoms with E-state index in [1.165, 1.54) is 5.52 Å². The van der Waals surface area contributed by atoms with Crippen molar-refractivity contribution in [1.82, 2.24) is 29.6 Å². The molecule has 0 saturated carbocycles. The number of thiophene rings is 1. The Kier molecular flexibility index (Phi) is 5.41. The molecule has 1 aliphatic rings. The second kappa shape index (κ2) is 8.72. The molecule has 1 saturated heterocycles. The van der Waals surface area contributed by atoms with E-state index in [2.05, 4.69) is 49.9 Å². The molecule has 0 aliphatic carbocycles. The summed E-state index contributed by atoms with van der Waals surface area (Å²) >= 11 is 1.58. The maximum Gasteiger partial charge on any atom is 0.226 e. The van der Waals surface area contributed by atoms with Crippen LogP contribution in [0, 0.1) is 5.92 Å². The Morgan fingerprint density at radius 1 is 1.32 bits per heavy atom. The maximum atomic E-state index is 13.1. The van der Waals surface area contributed by atoms with Gasteiger partial charge in [0.2, 0.25) is 17.6 Å². The zero-order valence-corrected chi connectivity index (χ0v) is 19.8. The number of aromatic nitrogens is 5. The second-order valence-electron chi connectivity index (χ2n) is 9.04. The summed E-state index contributed by atoms with van der Waals surface area (Å²) in [5.41, 5.74) is 2.09. The van der Waals surface area contributed by atoms with E-state index in [4.69, 9.17) is 4.52 Å². The van der Waals surface area contributed by atoms with Gasteiger partial charge in [-0.05, 0) is 42.3 Å². The molecule has 9 heteroatoms. The number of nitrogens with zero attached hydrogens (tertiary/aromatic N) is 5. The number of H-pyrrole nitrogens is 1. The number of amides is 1. The lowest BCUT2D eigenvalue weighted by molar-refractivity contribution is -0.133. The van der Waals surface area contributed by atoms with Crippen LogP contribution in [0.2, 0.25) is 0 Å². The molecule has 1 fully saturated rings. The van der Waals surface area contributed by atoms with Crippen LogP contribution in [0.15, 0.2) is 52.8 Å². The van der Waals surface area contributed by atoms with Gasteiger partial charge >= 0.3 is 0 Å². The number of hydrogen-bond acceptors (Lipinski definition) is 6. The number of carbonyl (C=O) groups excluding carboxylic acids is 1. The van der Waals surface area contributed by atoms with E-state index < -0.39 is 0 Å². The summed E-state index contributed by atoms with van der Waals surface area (Å²) in [6.45, 7) is 3.82. The van der Waals surface area contributed by atoms with E-state index in [0.717, 1.165) is 40.8 Å². The summed E-state index contributed by atoms with van der Waals surface area (Å²) in [5.74, 6) is 1.88. The fraction of sp³-hybridized carbons (Fsp3) is 0.360. The number of fused-ring (bicyclic) bond motifs is 3. The van der Waals surface area contributed by atoms with Crippen molar-refractivity contribution < 1.29 is 9.32 Å². The van der Waals surface area contributed by atoms with Gasteiger partial charge in [-0.15, -0.1) is 11.3 Å². The molecule has 8 nitrogen and oxygen atoms in total. The Labute approximate surface area is 200 Å². The molecule has 0 aromatic carbocycles. The molecule has 1 amide bonds. The van der Waals surface area contributed by atoms with Gasteiger partial charge in [0.15, 0.2) is 0 Å². The van der Waals surface area contributed by atoms with Crippen molar-refractivity contribution in [3.8, 4) is 10.7 Å². The zero-order valence-electron chi connectivity index (χ0n) is 19.0. The minimum atomic E-state index is 0.194. The van der Waals surface area contributed by atoms with Crippen LogP contribution in [0.25, 0.3) is 32.6 Å². The molecule has 0 spiro atoms. The van der Waals surface area contributed by atoms with Gasteiger partial charge in [0.05, 0.1) is 16.4 Å². The van der Waals surface area contributed by atoms with Crippen LogP contribution in [0.4, 0.5) is 0 Å². The van der Waals surface area contributed by atoms with Crippen molar-refractivity contribution in [2.24, 2.45) is 5.92 Å². The predicted molar refractivity (Wildman–Crippen MR) is 132 cm³/mol. The maximum absolute atomic E-state index is 13.1. The number of aromatic amines is 1. The fourth-order valence-electron chi connectivity index (χ4n) is 4.98. The number of likely N-dealkylation sites (tertiary alicyclic amines) is 1. The number of aryl methyl sites for hydroxylation is 1. The highest BCUT2D eigenvalue weighted by atomic mass is 32.1. The van der Waals surface area contributed by atoms with Gasteiger partial charge in [-0.1, -0.05) is 18.1 Å². The molecule has 0 radical (unpaired) electrons. The van der Waals surface area contributed by atoms with E-state index in [9.17, 15) is 4.79 Å². The topological polar surface area (TPSA) is 92.8 Å². The Morgan fingerprint density at radius 3 is 3.15 bits per heavy atom. The van der Waals surface area contributed by atoms with Crippen LogP contribution in [0.3, 0.4) is 0 Å². The molecule has 2 atom stereocenters. The molecule has 1 aliphatic heterocycles. The summed E-state index contributed by atoms with van der Waals surface area (Å²) in [4.78, 5) is 28.3. The summed E-state index contributed by atoms with van der Waals surface area (Å²) in [7, 11) is 0. The van der Waals surface area contributed by atoms with Crippen molar-refractivity contribution >= 4 is 39.2 Å². The first-order valence-corrected chi connectivity index (χ1v) is 12.6.